The molecule has 3 aromatic carbocycles. The Hall–Kier alpha value is -4.39. The summed E-state index contributed by atoms with van der Waals surface area (Å²) in [5, 5.41) is 16.0. The van der Waals surface area contributed by atoms with Crippen molar-refractivity contribution in [3.05, 3.63) is 111 Å². The van der Waals surface area contributed by atoms with E-state index < -0.39 is 0 Å². The lowest BCUT2D eigenvalue weighted by molar-refractivity contribution is 0.308. The molecule has 0 amide bonds. The van der Waals surface area contributed by atoms with E-state index >= 15 is 0 Å². The lowest BCUT2D eigenvalue weighted by Gasteiger charge is -2.15. The van der Waals surface area contributed by atoms with Crippen molar-refractivity contribution >= 4 is 22.6 Å². The zero-order valence-corrected chi connectivity index (χ0v) is 17.3. The summed E-state index contributed by atoms with van der Waals surface area (Å²) in [6, 6.07) is 23.6. The van der Waals surface area contributed by atoms with Crippen LogP contribution in [-0.4, -0.2) is 16.2 Å². The van der Waals surface area contributed by atoms with E-state index in [1.165, 1.54) is 0 Å². The Balaban J connectivity index is 1.69. The van der Waals surface area contributed by atoms with E-state index in [0.29, 0.717) is 28.9 Å². The lowest BCUT2D eigenvalue weighted by atomic mass is 10.1. The maximum Gasteiger partial charge on any atom is 0.251 e. The first kappa shape index (κ1) is 20.9. The van der Waals surface area contributed by atoms with Gasteiger partial charge in [0.1, 0.15) is 24.0 Å². The van der Waals surface area contributed by atoms with E-state index in [0.717, 1.165) is 16.5 Å². The predicted octanol–water partition coefficient (Wildman–Crippen LogP) is 3.20. The number of pyridine rings is 1. The number of aromatic nitrogens is 1. The molecule has 7 nitrogen and oxygen atoms in total. The van der Waals surface area contributed by atoms with Crippen molar-refractivity contribution in [2.24, 2.45) is 11.5 Å². The maximum absolute atomic E-state index is 12.8. The molecule has 0 aliphatic carbocycles. The van der Waals surface area contributed by atoms with Crippen LogP contribution in [-0.2, 0) is 13.2 Å². The highest BCUT2D eigenvalue weighted by Crippen LogP contribution is 2.26. The van der Waals surface area contributed by atoms with Crippen LogP contribution in [0.3, 0.4) is 0 Å². The van der Waals surface area contributed by atoms with Gasteiger partial charge in [0.25, 0.3) is 5.56 Å². The van der Waals surface area contributed by atoms with Crippen LogP contribution in [0.4, 0.5) is 0 Å². The molecule has 0 fully saturated rings. The minimum atomic E-state index is -0.136. The van der Waals surface area contributed by atoms with Crippen molar-refractivity contribution in [3.63, 3.8) is 0 Å². The van der Waals surface area contributed by atoms with Crippen LogP contribution < -0.4 is 21.8 Å². The van der Waals surface area contributed by atoms with Gasteiger partial charge in [-0.15, -0.1) is 0 Å². The van der Waals surface area contributed by atoms with Crippen LogP contribution in [0.5, 0.6) is 5.75 Å². The Bertz CT molecular complexity index is 1370. The standard InChI is InChI=1S/C25H23N5O2/c26-24(27)19-9-7-16(8-10-19)14-30-22(31)12-11-18-4-2-6-21(23(18)30)32-15-17-3-1-5-20(13-17)25(28)29/h1-13H,14-15H2,(H3,26,27)(H3,28,29). The van der Waals surface area contributed by atoms with Crippen LogP contribution in [0, 0.1) is 10.8 Å². The first-order valence-corrected chi connectivity index (χ1v) is 10.0. The van der Waals surface area contributed by atoms with Gasteiger partial charge < -0.3 is 20.8 Å². The summed E-state index contributed by atoms with van der Waals surface area (Å²) in [6.45, 7) is 0.630. The number of nitrogens with one attached hydrogen (secondary N) is 2. The smallest absolute Gasteiger partial charge is 0.251 e. The number of ether oxygens (including phenoxy) is 1. The molecule has 0 radical (unpaired) electrons. The van der Waals surface area contributed by atoms with Gasteiger partial charge in [0.05, 0.1) is 12.1 Å². The first-order valence-electron chi connectivity index (χ1n) is 10.0. The average Bonchev–Trinajstić information content (AvgIpc) is 2.80. The van der Waals surface area contributed by atoms with Gasteiger partial charge in [0.2, 0.25) is 0 Å². The summed E-state index contributed by atoms with van der Waals surface area (Å²) < 4.78 is 7.79. The highest BCUT2D eigenvalue weighted by molar-refractivity contribution is 5.95. The molecule has 1 aromatic heterocycles. The third-order valence-corrected chi connectivity index (χ3v) is 5.21. The van der Waals surface area contributed by atoms with Crippen molar-refractivity contribution in [2.75, 3.05) is 0 Å². The highest BCUT2D eigenvalue weighted by Gasteiger charge is 2.11. The molecule has 4 rings (SSSR count). The monoisotopic (exact) mass is 425 g/mol. The normalized spacial score (nSPS) is 10.8. The number of nitrogens with zero attached hydrogens (tertiary/aromatic N) is 1. The van der Waals surface area contributed by atoms with Gasteiger partial charge in [-0.1, -0.05) is 54.6 Å². The summed E-state index contributed by atoms with van der Waals surface area (Å²) in [5.41, 5.74) is 14.7. The first-order chi connectivity index (χ1) is 15.4. The molecule has 160 valence electrons. The third kappa shape index (κ3) is 4.37. The molecule has 0 atom stereocenters. The largest absolute Gasteiger partial charge is 0.487 e. The van der Waals surface area contributed by atoms with Gasteiger partial charge in [0.15, 0.2) is 0 Å². The minimum absolute atomic E-state index is 0.00152. The van der Waals surface area contributed by atoms with Gasteiger partial charge >= 0.3 is 0 Å². The number of hydrogen-bond donors (Lipinski definition) is 4. The molecule has 1 heterocycles. The van der Waals surface area contributed by atoms with Crippen LogP contribution >= 0.6 is 0 Å². The van der Waals surface area contributed by atoms with Crippen molar-refractivity contribution in [1.29, 1.82) is 10.8 Å². The number of nitrogen functional groups attached to an aromatic ring is 2. The van der Waals surface area contributed by atoms with Gasteiger partial charge in [-0.25, -0.2) is 0 Å². The van der Waals surface area contributed by atoms with E-state index in [-0.39, 0.29) is 23.8 Å². The molecule has 0 bridgehead atoms. The molecule has 32 heavy (non-hydrogen) atoms. The van der Waals surface area contributed by atoms with Crippen molar-refractivity contribution < 1.29 is 4.74 Å². The second kappa shape index (κ2) is 8.77. The van der Waals surface area contributed by atoms with E-state index in [1.807, 2.05) is 48.5 Å². The number of hydrogen-bond acceptors (Lipinski definition) is 4. The molecule has 7 heteroatoms. The van der Waals surface area contributed by atoms with E-state index in [2.05, 4.69) is 0 Å². The molecular weight excluding hydrogens is 402 g/mol. The fraction of sp³-hybridized carbons (Fsp3) is 0.0800. The Morgan fingerprint density at radius 1 is 0.812 bits per heavy atom. The molecule has 0 saturated carbocycles. The van der Waals surface area contributed by atoms with Crippen LogP contribution in [0.2, 0.25) is 0 Å². The zero-order valence-electron chi connectivity index (χ0n) is 17.3. The molecule has 0 spiro atoms. The fourth-order valence-corrected chi connectivity index (χ4v) is 3.56. The Kier molecular flexibility index (Phi) is 5.72. The second-order valence-electron chi connectivity index (χ2n) is 7.47. The van der Waals surface area contributed by atoms with E-state index in [9.17, 15) is 4.79 Å². The van der Waals surface area contributed by atoms with Crippen molar-refractivity contribution in [3.8, 4) is 5.75 Å². The van der Waals surface area contributed by atoms with Crippen molar-refractivity contribution in [1.82, 2.24) is 4.57 Å². The fourth-order valence-electron chi connectivity index (χ4n) is 3.56. The van der Waals surface area contributed by atoms with Gasteiger partial charge in [-0.05, 0) is 29.3 Å². The summed E-state index contributed by atoms with van der Waals surface area (Å²) in [5.74, 6) is 0.596. The number of para-hydroxylation sites is 1. The Morgan fingerprint density at radius 2 is 1.53 bits per heavy atom. The zero-order chi connectivity index (χ0) is 22.7. The Morgan fingerprint density at radius 3 is 2.25 bits per heavy atom. The summed E-state index contributed by atoms with van der Waals surface area (Å²) in [6.07, 6.45) is 0. The van der Waals surface area contributed by atoms with Gasteiger partial charge in [-0.2, -0.15) is 0 Å². The van der Waals surface area contributed by atoms with Gasteiger partial charge in [0, 0.05) is 22.6 Å². The van der Waals surface area contributed by atoms with Crippen LogP contribution in [0.25, 0.3) is 10.9 Å². The quantitative estimate of drug-likeness (QED) is 0.267. The molecule has 0 saturated heterocycles. The van der Waals surface area contributed by atoms with E-state index in [4.69, 9.17) is 27.0 Å². The van der Waals surface area contributed by atoms with Gasteiger partial charge in [-0.3, -0.25) is 15.6 Å². The summed E-state index contributed by atoms with van der Waals surface area (Å²) >= 11 is 0. The maximum atomic E-state index is 12.8. The summed E-state index contributed by atoms with van der Waals surface area (Å²) in [7, 11) is 0. The number of rotatable bonds is 7. The molecule has 0 aliphatic rings. The molecular formula is C25H23N5O2. The van der Waals surface area contributed by atoms with Crippen LogP contribution in [0.15, 0.2) is 83.7 Å². The Labute approximate surface area is 184 Å². The lowest BCUT2D eigenvalue weighted by Crippen LogP contribution is -2.20. The molecule has 0 aliphatic heterocycles. The van der Waals surface area contributed by atoms with E-state index in [1.54, 1.807) is 34.9 Å². The number of nitrogens with two attached hydrogens (primary N) is 2. The SMILES string of the molecule is N=C(N)c1ccc(Cn2c(=O)ccc3cccc(OCc4cccc(C(=N)N)c4)c32)cc1. The highest BCUT2D eigenvalue weighted by atomic mass is 16.5. The topological polar surface area (TPSA) is 131 Å². The number of amidine groups is 2. The number of benzene rings is 3. The molecule has 4 aromatic rings. The third-order valence-electron chi connectivity index (χ3n) is 5.21. The molecule has 0 unspecified atom stereocenters. The predicted molar refractivity (Wildman–Crippen MR) is 127 cm³/mol. The summed E-state index contributed by atoms with van der Waals surface area (Å²) in [4.78, 5) is 12.8. The number of fused-ring (bicyclic) bond motifs is 1. The second-order valence-corrected chi connectivity index (χ2v) is 7.47. The average molecular weight is 425 g/mol. The van der Waals surface area contributed by atoms with Crippen LogP contribution in [0.1, 0.15) is 22.3 Å². The molecule has 6 N–H and O–H groups in total. The van der Waals surface area contributed by atoms with Crippen molar-refractivity contribution in [2.45, 2.75) is 13.2 Å². The minimum Gasteiger partial charge on any atom is -0.487 e.